The van der Waals surface area contributed by atoms with Gasteiger partial charge in [0.1, 0.15) is 5.82 Å². The molecule has 144 valence electrons. The SMILES string of the molecule is CCCCn1c(=O)[nH]c(=O)c2c1nc(CNc1cc(C)cc(C)c1)n2CC. The molecule has 2 N–H and O–H groups in total. The van der Waals surface area contributed by atoms with Crippen molar-refractivity contribution in [2.75, 3.05) is 5.32 Å². The van der Waals surface area contributed by atoms with E-state index in [9.17, 15) is 9.59 Å². The zero-order valence-corrected chi connectivity index (χ0v) is 16.4. The first-order chi connectivity index (χ1) is 12.9. The van der Waals surface area contributed by atoms with Crippen LogP contribution in [0.25, 0.3) is 11.2 Å². The second-order valence-electron chi connectivity index (χ2n) is 6.94. The Kier molecular flexibility index (Phi) is 5.48. The van der Waals surface area contributed by atoms with Crippen LogP contribution in [-0.2, 0) is 19.6 Å². The monoisotopic (exact) mass is 369 g/mol. The van der Waals surface area contributed by atoms with Crippen molar-refractivity contribution in [2.45, 2.75) is 60.2 Å². The van der Waals surface area contributed by atoms with Crippen LogP contribution in [0.5, 0.6) is 0 Å². The Bertz CT molecular complexity index is 1050. The fourth-order valence-corrected chi connectivity index (χ4v) is 3.47. The summed E-state index contributed by atoms with van der Waals surface area (Å²) in [6, 6.07) is 6.28. The van der Waals surface area contributed by atoms with Crippen molar-refractivity contribution in [3.63, 3.8) is 0 Å². The molecule has 0 saturated heterocycles. The lowest BCUT2D eigenvalue weighted by molar-refractivity contribution is 0.613. The summed E-state index contributed by atoms with van der Waals surface area (Å²) in [5.41, 5.74) is 3.55. The largest absolute Gasteiger partial charge is 0.378 e. The van der Waals surface area contributed by atoms with E-state index < -0.39 is 5.69 Å². The summed E-state index contributed by atoms with van der Waals surface area (Å²) in [5, 5.41) is 3.39. The molecule has 0 fully saturated rings. The van der Waals surface area contributed by atoms with Crippen LogP contribution >= 0.6 is 0 Å². The maximum absolute atomic E-state index is 12.4. The van der Waals surface area contributed by atoms with Gasteiger partial charge in [-0.25, -0.2) is 9.78 Å². The zero-order valence-electron chi connectivity index (χ0n) is 16.4. The third-order valence-corrected chi connectivity index (χ3v) is 4.69. The number of aromatic nitrogens is 4. The molecule has 0 radical (unpaired) electrons. The second kappa shape index (κ2) is 7.82. The van der Waals surface area contributed by atoms with Gasteiger partial charge < -0.3 is 9.88 Å². The normalized spacial score (nSPS) is 11.3. The van der Waals surface area contributed by atoms with E-state index in [0.717, 1.165) is 24.4 Å². The molecule has 0 spiro atoms. The number of hydrogen-bond donors (Lipinski definition) is 2. The molecule has 0 aliphatic rings. The molecule has 27 heavy (non-hydrogen) atoms. The van der Waals surface area contributed by atoms with Gasteiger partial charge in [0.2, 0.25) is 0 Å². The number of benzene rings is 1. The molecule has 2 aromatic heterocycles. The molecule has 0 atom stereocenters. The van der Waals surface area contributed by atoms with Crippen LogP contribution in [-0.4, -0.2) is 19.1 Å². The minimum absolute atomic E-state index is 0.380. The molecule has 0 amide bonds. The van der Waals surface area contributed by atoms with Crippen LogP contribution in [0.2, 0.25) is 0 Å². The van der Waals surface area contributed by atoms with Gasteiger partial charge in [-0.05, 0) is 50.5 Å². The van der Waals surface area contributed by atoms with Crippen molar-refractivity contribution in [2.24, 2.45) is 0 Å². The van der Waals surface area contributed by atoms with E-state index in [1.807, 2.05) is 11.5 Å². The summed E-state index contributed by atoms with van der Waals surface area (Å²) >= 11 is 0. The van der Waals surface area contributed by atoms with Gasteiger partial charge >= 0.3 is 5.69 Å². The third kappa shape index (κ3) is 3.82. The molecule has 0 unspecified atom stereocenters. The third-order valence-electron chi connectivity index (χ3n) is 4.69. The van der Waals surface area contributed by atoms with Crippen LogP contribution in [0.15, 0.2) is 27.8 Å². The number of imidazole rings is 1. The molecule has 3 aromatic rings. The fourth-order valence-electron chi connectivity index (χ4n) is 3.47. The van der Waals surface area contributed by atoms with Crippen LogP contribution in [0.1, 0.15) is 43.6 Å². The molecule has 0 aliphatic heterocycles. The fraction of sp³-hybridized carbons (Fsp3) is 0.450. The number of H-pyrrole nitrogens is 1. The molecular weight excluding hydrogens is 342 g/mol. The Labute approximate surface area is 158 Å². The summed E-state index contributed by atoms with van der Waals surface area (Å²) in [4.78, 5) is 31.8. The van der Waals surface area contributed by atoms with Crippen LogP contribution in [0.4, 0.5) is 5.69 Å². The highest BCUT2D eigenvalue weighted by Gasteiger charge is 2.17. The quantitative estimate of drug-likeness (QED) is 0.671. The Hall–Kier alpha value is -2.83. The number of unbranched alkanes of at least 4 members (excludes halogenated alkanes) is 1. The lowest BCUT2D eigenvalue weighted by atomic mass is 10.1. The van der Waals surface area contributed by atoms with E-state index in [1.165, 1.54) is 11.1 Å². The van der Waals surface area contributed by atoms with Gasteiger partial charge in [0, 0.05) is 18.8 Å². The van der Waals surface area contributed by atoms with Crippen LogP contribution in [0, 0.1) is 13.8 Å². The van der Waals surface area contributed by atoms with Gasteiger partial charge in [-0.1, -0.05) is 19.4 Å². The Morgan fingerprint density at radius 3 is 2.41 bits per heavy atom. The van der Waals surface area contributed by atoms with E-state index in [-0.39, 0.29) is 5.56 Å². The van der Waals surface area contributed by atoms with E-state index >= 15 is 0 Å². The van der Waals surface area contributed by atoms with Crippen molar-refractivity contribution in [3.05, 3.63) is 56.0 Å². The summed E-state index contributed by atoms with van der Waals surface area (Å²) in [6.45, 7) is 9.80. The Morgan fingerprint density at radius 1 is 1.07 bits per heavy atom. The number of hydrogen-bond acceptors (Lipinski definition) is 4. The lowest BCUT2D eigenvalue weighted by Crippen LogP contribution is -2.31. The van der Waals surface area contributed by atoms with Gasteiger partial charge in [-0.15, -0.1) is 0 Å². The number of anilines is 1. The molecule has 7 heteroatoms. The van der Waals surface area contributed by atoms with E-state index in [4.69, 9.17) is 0 Å². The van der Waals surface area contributed by atoms with Gasteiger partial charge in [-0.3, -0.25) is 14.3 Å². The number of aromatic amines is 1. The molecule has 7 nitrogen and oxygen atoms in total. The van der Waals surface area contributed by atoms with Crippen molar-refractivity contribution in [1.29, 1.82) is 0 Å². The van der Waals surface area contributed by atoms with Gasteiger partial charge in [-0.2, -0.15) is 0 Å². The molecule has 1 aromatic carbocycles. The lowest BCUT2D eigenvalue weighted by Gasteiger charge is -2.10. The highest BCUT2D eigenvalue weighted by molar-refractivity contribution is 5.71. The van der Waals surface area contributed by atoms with E-state index in [1.54, 1.807) is 4.57 Å². The molecule has 3 rings (SSSR count). The molecule has 2 heterocycles. The minimum atomic E-state index is -0.393. The minimum Gasteiger partial charge on any atom is -0.378 e. The van der Waals surface area contributed by atoms with Gasteiger partial charge in [0.15, 0.2) is 11.2 Å². The first-order valence-corrected chi connectivity index (χ1v) is 9.49. The predicted molar refractivity (Wildman–Crippen MR) is 108 cm³/mol. The van der Waals surface area contributed by atoms with Crippen molar-refractivity contribution in [3.8, 4) is 0 Å². The first kappa shape index (κ1) is 18.9. The van der Waals surface area contributed by atoms with Crippen LogP contribution in [0.3, 0.4) is 0 Å². The molecule has 0 bridgehead atoms. The maximum Gasteiger partial charge on any atom is 0.330 e. The Balaban J connectivity index is 2.03. The number of nitrogens with zero attached hydrogens (tertiary/aromatic N) is 3. The molecule has 0 saturated carbocycles. The Morgan fingerprint density at radius 2 is 1.78 bits per heavy atom. The molecule has 0 aliphatic carbocycles. The smallest absolute Gasteiger partial charge is 0.330 e. The van der Waals surface area contributed by atoms with Crippen molar-refractivity contribution >= 4 is 16.9 Å². The highest BCUT2D eigenvalue weighted by atomic mass is 16.2. The number of rotatable bonds is 7. The maximum atomic E-state index is 12.4. The second-order valence-corrected chi connectivity index (χ2v) is 6.94. The average molecular weight is 369 g/mol. The highest BCUT2D eigenvalue weighted by Crippen LogP contribution is 2.17. The summed E-state index contributed by atoms with van der Waals surface area (Å²) in [7, 11) is 0. The first-order valence-electron chi connectivity index (χ1n) is 9.49. The topological polar surface area (TPSA) is 84.7 Å². The number of nitrogens with one attached hydrogen (secondary N) is 2. The number of aryl methyl sites for hydroxylation is 4. The standard InChI is InChI=1S/C20H27N5O2/c1-5-7-8-25-18-17(19(26)23-20(25)27)24(6-2)16(22-18)12-21-15-10-13(3)9-14(4)11-15/h9-11,21H,5-8,12H2,1-4H3,(H,23,26,27). The summed E-state index contributed by atoms with van der Waals surface area (Å²) in [5.74, 6) is 0.744. The van der Waals surface area contributed by atoms with E-state index in [2.05, 4.69) is 54.3 Å². The van der Waals surface area contributed by atoms with Gasteiger partial charge in [0.05, 0.1) is 6.54 Å². The zero-order chi connectivity index (χ0) is 19.6. The van der Waals surface area contributed by atoms with Gasteiger partial charge in [0.25, 0.3) is 5.56 Å². The molecular formula is C20H27N5O2. The van der Waals surface area contributed by atoms with E-state index in [0.29, 0.717) is 30.8 Å². The summed E-state index contributed by atoms with van der Waals surface area (Å²) in [6.07, 6.45) is 1.82. The van der Waals surface area contributed by atoms with Crippen molar-refractivity contribution < 1.29 is 0 Å². The predicted octanol–water partition coefficient (Wildman–Crippen LogP) is 2.94. The average Bonchev–Trinajstić information content (AvgIpc) is 2.98. The van der Waals surface area contributed by atoms with Crippen LogP contribution < -0.4 is 16.6 Å². The summed E-state index contributed by atoms with van der Waals surface area (Å²) < 4.78 is 3.46. The number of fused-ring (bicyclic) bond motifs is 1. The van der Waals surface area contributed by atoms with Crippen molar-refractivity contribution in [1.82, 2.24) is 19.1 Å².